The van der Waals surface area contributed by atoms with Gasteiger partial charge < -0.3 is 14.9 Å². The van der Waals surface area contributed by atoms with Gasteiger partial charge in [0.25, 0.3) is 0 Å². The predicted octanol–water partition coefficient (Wildman–Crippen LogP) is 1.39. The maximum absolute atomic E-state index is 12.3. The highest BCUT2D eigenvalue weighted by Crippen LogP contribution is 2.26. The van der Waals surface area contributed by atoms with E-state index in [9.17, 15) is 9.59 Å². The largest absolute Gasteiger partial charge is 0.480 e. The molecule has 0 bridgehead atoms. The number of carbonyl (C=O) groups is 2. The van der Waals surface area contributed by atoms with Crippen molar-refractivity contribution >= 4 is 12.0 Å². The van der Waals surface area contributed by atoms with E-state index in [-0.39, 0.29) is 12.1 Å². The van der Waals surface area contributed by atoms with Gasteiger partial charge in [0.1, 0.15) is 6.04 Å². The van der Waals surface area contributed by atoms with Crippen LogP contribution in [0, 0.1) is 5.92 Å². The number of hydrogen-bond acceptors (Lipinski definition) is 2. The molecule has 5 nitrogen and oxygen atoms in total. The molecule has 0 aromatic rings. The minimum absolute atomic E-state index is 0.0910. The van der Waals surface area contributed by atoms with Gasteiger partial charge in [-0.15, -0.1) is 0 Å². The molecule has 2 amide bonds. The third-order valence-electron chi connectivity index (χ3n) is 3.81. The molecule has 3 atom stereocenters. The Morgan fingerprint density at radius 1 is 1.24 bits per heavy atom. The molecule has 96 valence electrons. The Balaban J connectivity index is 2.07. The summed E-state index contributed by atoms with van der Waals surface area (Å²) in [6.07, 6.45) is 2.39. The van der Waals surface area contributed by atoms with E-state index in [2.05, 4.69) is 6.92 Å². The fraction of sp³-hybridized carbons (Fsp3) is 0.833. The summed E-state index contributed by atoms with van der Waals surface area (Å²) in [4.78, 5) is 26.7. The van der Waals surface area contributed by atoms with Crippen molar-refractivity contribution in [1.82, 2.24) is 9.80 Å². The zero-order valence-electron chi connectivity index (χ0n) is 10.4. The lowest BCUT2D eigenvalue weighted by Gasteiger charge is -2.30. The van der Waals surface area contributed by atoms with Gasteiger partial charge in [-0.3, -0.25) is 0 Å². The summed E-state index contributed by atoms with van der Waals surface area (Å²) in [5.74, 6) is -0.365. The average molecular weight is 240 g/mol. The Morgan fingerprint density at radius 3 is 2.47 bits per heavy atom. The molecule has 0 aromatic carbocycles. The van der Waals surface area contributed by atoms with Gasteiger partial charge >= 0.3 is 12.0 Å². The molecule has 0 aromatic heterocycles. The molecular formula is C12H20N2O3. The van der Waals surface area contributed by atoms with E-state index < -0.39 is 12.0 Å². The summed E-state index contributed by atoms with van der Waals surface area (Å²) < 4.78 is 0. The van der Waals surface area contributed by atoms with Crippen molar-refractivity contribution in [3.63, 3.8) is 0 Å². The maximum atomic E-state index is 12.3. The van der Waals surface area contributed by atoms with Gasteiger partial charge in [0.15, 0.2) is 0 Å². The van der Waals surface area contributed by atoms with Crippen LogP contribution < -0.4 is 0 Å². The molecule has 0 saturated carbocycles. The van der Waals surface area contributed by atoms with Crippen LogP contribution in [0.3, 0.4) is 0 Å². The van der Waals surface area contributed by atoms with E-state index in [1.165, 1.54) is 4.90 Å². The first kappa shape index (κ1) is 12.2. The second kappa shape index (κ2) is 4.55. The number of aliphatic carboxylic acids is 1. The Hall–Kier alpha value is -1.26. The van der Waals surface area contributed by atoms with Crippen LogP contribution >= 0.6 is 0 Å². The topological polar surface area (TPSA) is 60.9 Å². The van der Waals surface area contributed by atoms with Gasteiger partial charge in [-0.05, 0) is 32.1 Å². The third-order valence-corrected chi connectivity index (χ3v) is 3.81. The fourth-order valence-electron chi connectivity index (χ4n) is 2.98. The second-order valence-electron chi connectivity index (χ2n) is 5.31. The molecule has 2 rings (SSSR count). The van der Waals surface area contributed by atoms with E-state index in [0.717, 1.165) is 19.4 Å². The molecule has 2 aliphatic rings. The summed E-state index contributed by atoms with van der Waals surface area (Å²) in [6, 6.07) is -0.482. The SMILES string of the molecule is CC1CC(C)N(C(=O)N2CCC[C@@H]2C(=O)O)C1. The zero-order valence-corrected chi connectivity index (χ0v) is 10.4. The molecular weight excluding hydrogens is 220 g/mol. The van der Waals surface area contributed by atoms with Crippen LogP contribution in [-0.4, -0.2) is 52.1 Å². The normalized spacial score (nSPS) is 33.2. The molecule has 0 aliphatic carbocycles. The first-order valence-electron chi connectivity index (χ1n) is 6.30. The molecule has 2 unspecified atom stereocenters. The Kier molecular flexibility index (Phi) is 3.26. The first-order chi connectivity index (χ1) is 8.00. The molecule has 17 heavy (non-hydrogen) atoms. The number of carboxylic acid groups (broad SMARTS) is 1. The molecule has 2 fully saturated rings. The number of urea groups is 1. The number of rotatable bonds is 1. The molecule has 2 saturated heterocycles. The smallest absolute Gasteiger partial charge is 0.326 e. The lowest BCUT2D eigenvalue weighted by Crippen LogP contribution is -2.49. The van der Waals surface area contributed by atoms with Gasteiger partial charge in [-0.2, -0.15) is 0 Å². The Bertz CT molecular complexity index is 332. The fourth-order valence-corrected chi connectivity index (χ4v) is 2.98. The monoisotopic (exact) mass is 240 g/mol. The zero-order chi connectivity index (χ0) is 12.6. The van der Waals surface area contributed by atoms with Gasteiger partial charge in [0.05, 0.1) is 0 Å². The van der Waals surface area contributed by atoms with Crippen LogP contribution in [0.15, 0.2) is 0 Å². The van der Waals surface area contributed by atoms with Crippen LogP contribution in [0.5, 0.6) is 0 Å². The van der Waals surface area contributed by atoms with Crippen molar-refractivity contribution in [2.75, 3.05) is 13.1 Å². The van der Waals surface area contributed by atoms with Crippen LogP contribution in [0.4, 0.5) is 4.79 Å². The van der Waals surface area contributed by atoms with Crippen molar-refractivity contribution in [3.05, 3.63) is 0 Å². The highest BCUT2D eigenvalue weighted by molar-refractivity contribution is 5.83. The molecule has 0 spiro atoms. The average Bonchev–Trinajstić information content (AvgIpc) is 2.83. The van der Waals surface area contributed by atoms with Crippen molar-refractivity contribution < 1.29 is 14.7 Å². The molecule has 1 N–H and O–H groups in total. The van der Waals surface area contributed by atoms with Crippen LogP contribution in [0.25, 0.3) is 0 Å². The molecule has 0 radical (unpaired) electrons. The summed E-state index contributed by atoms with van der Waals surface area (Å²) in [5, 5.41) is 9.08. The van der Waals surface area contributed by atoms with E-state index in [0.29, 0.717) is 18.9 Å². The number of carbonyl (C=O) groups excluding carboxylic acids is 1. The third kappa shape index (κ3) is 2.23. The summed E-state index contributed by atoms with van der Waals surface area (Å²) in [6.45, 7) is 5.49. The highest BCUT2D eigenvalue weighted by Gasteiger charge is 2.39. The first-order valence-corrected chi connectivity index (χ1v) is 6.30. The standard InChI is InChI=1S/C12H20N2O3/c1-8-6-9(2)14(7-8)12(17)13-5-3-4-10(13)11(15)16/h8-10H,3-7H2,1-2H3,(H,15,16)/t8?,9?,10-/m1/s1. The number of hydrogen-bond donors (Lipinski definition) is 1. The predicted molar refractivity (Wildman–Crippen MR) is 62.7 cm³/mol. The van der Waals surface area contributed by atoms with Crippen molar-refractivity contribution in [1.29, 1.82) is 0 Å². The Labute approximate surface area is 101 Å². The Morgan fingerprint density at radius 2 is 1.94 bits per heavy atom. The second-order valence-corrected chi connectivity index (χ2v) is 5.31. The number of amides is 2. The molecule has 2 heterocycles. The van der Waals surface area contributed by atoms with E-state index in [1.807, 2.05) is 11.8 Å². The van der Waals surface area contributed by atoms with Crippen molar-refractivity contribution in [2.45, 2.75) is 45.2 Å². The number of carboxylic acids is 1. The van der Waals surface area contributed by atoms with E-state index >= 15 is 0 Å². The summed E-state index contributed by atoms with van der Waals surface area (Å²) in [7, 11) is 0. The number of nitrogens with zero attached hydrogens (tertiary/aromatic N) is 2. The van der Waals surface area contributed by atoms with E-state index in [4.69, 9.17) is 5.11 Å². The van der Waals surface area contributed by atoms with Crippen LogP contribution in [-0.2, 0) is 4.79 Å². The minimum Gasteiger partial charge on any atom is -0.480 e. The number of likely N-dealkylation sites (tertiary alicyclic amines) is 2. The quantitative estimate of drug-likeness (QED) is 0.753. The summed E-state index contributed by atoms with van der Waals surface area (Å²) >= 11 is 0. The lowest BCUT2D eigenvalue weighted by molar-refractivity contribution is -0.141. The van der Waals surface area contributed by atoms with Crippen LogP contribution in [0.2, 0.25) is 0 Å². The summed E-state index contributed by atoms with van der Waals surface area (Å²) in [5.41, 5.74) is 0. The lowest BCUT2D eigenvalue weighted by atomic mass is 10.1. The van der Waals surface area contributed by atoms with E-state index in [1.54, 1.807) is 0 Å². The van der Waals surface area contributed by atoms with Crippen molar-refractivity contribution in [2.24, 2.45) is 5.92 Å². The molecule has 2 aliphatic heterocycles. The van der Waals surface area contributed by atoms with Crippen molar-refractivity contribution in [3.8, 4) is 0 Å². The van der Waals surface area contributed by atoms with Gasteiger partial charge in [-0.1, -0.05) is 6.92 Å². The molecule has 5 heteroatoms. The minimum atomic E-state index is -0.879. The van der Waals surface area contributed by atoms with Gasteiger partial charge in [0.2, 0.25) is 0 Å². The van der Waals surface area contributed by atoms with Gasteiger partial charge in [-0.25, -0.2) is 9.59 Å². The highest BCUT2D eigenvalue weighted by atomic mass is 16.4. The maximum Gasteiger partial charge on any atom is 0.326 e. The van der Waals surface area contributed by atoms with Crippen LogP contribution in [0.1, 0.15) is 33.1 Å². The van der Waals surface area contributed by atoms with Gasteiger partial charge in [0, 0.05) is 19.1 Å².